The highest BCUT2D eigenvalue weighted by atomic mass is 16.4. The maximum atomic E-state index is 11.5. The molecule has 0 unspecified atom stereocenters. The van der Waals surface area contributed by atoms with Gasteiger partial charge in [-0.25, -0.2) is 9.59 Å². The molecule has 0 saturated carbocycles. The molecule has 2 rings (SSSR count). The molecular formula is C23H24O4. The molecule has 0 atom stereocenters. The van der Waals surface area contributed by atoms with E-state index in [9.17, 15) is 19.8 Å². The Balaban J connectivity index is 2.76. The first kappa shape index (κ1) is 20.2. The van der Waals surface area contributed by atoms with Crippen LogP contribution >= 0.6 is 0 Å². The zero-order valence-corrected chi connectivity index (χ0v) is 15.7. The number of aromatic carboxylic acids is 2. The van der Waals surface area contributed by atoms with Crippen molar-refractivity contribution in [1.29, 1.82) is 0 Å². The van der Waals surface area contributed by atoms with E-state index < -0.39 is 17.4 Å². The molecule has 0 aliphatic rings. The van der Waals surface area contributed by atoms with Gasteiger partial charge >= 0.3 is 11.9 Å². The Kier molecular flexibility index (Phi) is 6.01. The van der Waals surface area contributed by atoms with Gasteiger partial charge in [-0.1, -0.05) is 38.1 Å². The first-order valence-corrected chi connectivity index (χ1v) is 8.67. The van der Waals surface area contributed by atoms with Crippen LogP contribution in [0.5, 0.6) is 0 Å². The van der Waals surface area contributed by atoms with Gasteiger partial charge in [0.2, 0.25) is 0 Å². The summed E-state index contributed by atoms with van der Waals surface area (Å²) in [6.07, 6.45) is 4.73. The Morgan fingerprint density at radius 2 is 1.22 bits per heavy atom. The van der Waals surface area contributed by atoms with Crippen molar-refractivity contribution in [3.8, 4) is 0 Å². The summed E-state index contributed by atoms with van der Waals surface area (Å²) in [5.41, 5.74) is 3.41. The Labute approximate surface area is 159 Å². The second kappa shape index (κ2) is 8.04. The van der Waals surface area contributed by atoms with Gasteiger partial charge in [-0.3, -0.25) is 0 Å². The molecule has 0 fully saturated rings. The van der Waals surface area contributed by atoms with Crippen molar-refractivity contribution in [3.05, 3.63) is 95.1 Å². The molecule has 0 saturated heterocycles. The maximum absolute atomic E-state index is 11.5. The Hall–Kier alpha value is -3.14. The number of allylic oxidation sites excluding steroid dienone is 2. The molecule has 0 aromatic heterocycles. The molecule has 2 aromatic carbocycles. The third-order valence-corrected chi connectivity index (χ3v) is 4.79. The van der Waals surface area contributed by atoms with Crippen molar-refractivity contribution < 1.29 is 19.8 Å². The van der Waals surface area contributed by atoms with Gasteiger partial charge in [0, 0.05) is 5.41 Å². The van der Waals surface area contributed by atoms with Crippen LogP contribution in [0.1, 0.15) is 56.8 Å². The van der Waals surface area contributed by atoms with Crippen LogP contribution in [-0.2, 0) is 18.3 Å². The molecule has 0 radical (unpaired) electrons. The highest BCUT2D eigenvalue weighted by molar-refractivity contribution is 5.89. The van der Waals surface area contributed by atoms with Crippen molar-refractivity contribution in [2.75, 3.05) is 0 Å². The van der Waals surface area contributed by atoms with Gasteiger partial charge in [0.05, 0.1) is 11.1 Å². The fourth-order valence-electron chi connectivity index (χ4n) is 3.39. The first-order valence-electron chi connectivity index (χ1n) is 8.67. The molecule has 0 amide bonds. The minimum atomic E-state index is -0.997. The van der Waals surface area contributed by atoms with Crippen molar-refractivity contribution in [1.82, 2.24) is 0 Å². The average molecular weight is 364 g/mol. The molecule has 27 heavy (non-hydrogen) atoms. The highest BCUT2D eigenvalue weighted by Gasteiger charge is 2.29. The number of carboxylic acids is 2. The monoisotopic (exact) mass is 364 g/mol. The zero-order chi connectivity index (χ0) is 20.2. The van der Waals surface area contributed by atoms with Crippen LogP contribution in [0, 0.1) is 0 Å². The SMILES string of the molecule is C=CCc1ccc(C(=O)O)cc1C(C)(C)c1cc(C(=O)O)ccc1CC=C. The van der Waals surface area contributed by atoms with E-state index in [1.54, 1.807) is 48.6 Å². The third kappa shape index (κ3) is 4.17. The van der Waals surface area contributed by atoms with Crippen LogP contribution in [0.2, 0.25) is 0 Å². The van der Waals surface area contributed by atoms with Gasteiger partial charge < -0.3 is 10.2 Å². The first-order chi connectivity index (χ1) is 12.7. The third-order valence-electron chi connectivity index (χ3n) is 4.79. The van der Waals surface area contributed by atoms with Crippen molar-refractivity contribution >= 4 is 11.9 Å². The van der Waals surface area contributed by atoms with Crippen LogP contribution in [-0.4, -0.2) is 22.2 Å². The van der Waals surface area contributed by atoms with Gasteiger partial charge in [0.25, 0.3) is 0 Å². The fourth-order valence-corrected chi connectivity index (χ4v) is 3.39. The van der Waals surface area contributed by atoms with E-state index in [0.29, 0.717) is 12.8 Å². The topological polar surface area (TPSA) is 74.6 Å². The molecule has 2 aromatic rings. The van der Waals surface area contributed by atoms with Crippen molar-refractivity contribution in [2.24, 2.45) is 0 Å². The van der Waals surface area contributed by atoms with Crippen LogP contribution in [0.25, 0.3) is 0 Å². The lowest BCUT2D eigenvalue weighted by molar-refractivity contribution is 0.0686. The summed E-state index contributed by atoms with van der Waals surface area (Å²) in [7, 11) is 0. The summed E-state index contributed by atoms with van der Waals surface area (Å²) in [6, 6.07) is 10.1. The van der Waals surface area contributed by atoms with Crippen LogP contribution in [0.15, 0.2) is 61.7 Å². The lowest BCUT2D eigenvalue weighted by Gasteiger charge is -2.31. The smallest absolute Gasteiger partial charge is 0.335 e. The van der Waals surface area contributed by atoms with Crippen molar-refractivity contribution in [2.45, 2.75) is 32.1 Å². The molecule has 4 heteroatoms. The molecule has 0 spiro atoms. The average Bonchev–Trinajstić information content (AvgIpc) is 2.62. The fraction of sp³-hybridized carbons (Fsp3) is 0.217. The minimum absolute atomic E-state index is 0.200. The molecule has 140 valence electrons. The van der Waals surface area contributed by atoms with Gasteiger partial charge in [0.15, 0.2) is 0 Å². The molecule has 0 heterocycles. The second-order valence-corrected chi connectivity index (χ2v) is 6.96. The van der Waals surface area contributed by atoms with E-state index >= 15 is 0 Å². The quantitative estimate of drug-likeness (QED) is 0.656. The summed E-state index contributed by atoms with van der Waals surface area (Å²) < 4.78 is 0. The lowest BCUT2D eigenvalue weighted by Crippen LogP contribution is -2.24. The predicted octanol–water partition coefficient (Wildman–Crippen LogP) is 4.87. The van der Waals surface area contributed by atoms with Gasteiger partial charge in [-0.05, 0) is 59.4 Å². The molecule has 0 bridgehead atoms. The molecule has 0 aliphatic carbocycles. The Bertz CT molecular complexity index is 833. The molecular weight excluding hydrogens is 340 g/mol. The summed E-state index contributed by atoms with van der Waals surface area (Å²) in [4.78, 5) is 23.0. The van der Waals surface area contributed by atoms with Crippen molar-refractivity contribution in [3.63, 3.8) is 0 Å². The zero-order valence-electron chi connectivity index (χ0n) is 15.7. The number of hydrogen-bond acceptors (Lipinski definition) is 2. The van der Waals surface area contributed by atoms with E-state index in [-0.39, 0.29) is 11.1 Å². The number of rotatable bonds is 8. The number of carbonyl (C=O) groups is 2. The van der Waals surface area contributed by atoms with E-state index in [0.717, 1.165) is 22.3 Å². The lowest BCUT2D eigenvalue weighted by atomic mass is 9.72. The number of benzene rings is 2. The van der Waals surface area contributed by atoms with Gasteiger partial charge in [-0.15, -0.1) is 13.2 Å². The normalized spacial score (nSPS) is 11.0. The summed E-state index contributed by atoms with van der Waals surface area (Å²) >= 11 is 0. The highest BCUT2D eigenvalue weighted by Crippen LogP contribution is 2.37. The maximum Gasteiger partial charge on any atom is 0.335 e. The number of carboxylic acid groups (broad SMARTS) is 2. The van der Waals surface area contributed by atoms with E-state index in [1.807, 2.05) is 13.8 Å². The van der Waals surface area contributed by atoms with Gasteiger partial charge in [-0.2, -0.15) is 0 Å². The molecule has 0 aliphatic heterocycles. The Morgan fingerprint density at radius 3 is 1.52 bits per heavy atom. The van der Waals surface area contributed by atoms with E-state index in [4.69, 9.17) is 0 Å². The van der Waals surface area contributed by atoms with E-state index in [2.05, 4.69) is 13.2 Å². The largest absolute Gasteiger partial charge is 0.478 e. The van der Waals surface area contributed by atoms with Crippen LogP contribution < -0.4 is 0 Å². The summed E-state index contributed by atoms with van der Waals surface area (Å²) in [5, 5.41) is 18.8. The van der Waals surface area contributed by atoms with Crippen LogP contribution in [0.3, 0.4) is 0 Å². The predicted molar refractivity (Wildman–Crippen MR) is 107 cm³/mol. The van der Waals surface area contributed by atoms with E-state index in [1.165, 1.54) is 0 Å². The van der Waals surface area contributed by atoms with Crippen LogP contribution in [0.4, 0.5) is 0 Å². The summed E-state index contributed by atoms with van der Waals surface area (Å²) in [5.74, 6) is -1.99. The standard InChI is InChI=1S/C23H24O4/c1-5-7-15-9-11-17(21(24)25)13-19(15)23(3,4)20-14-18(22(26)27)12-10-16(20)8-6-2/h5-6,9-14H,1-2,7-8H2,3-4H3,(H,24,25)(H,26,27). The molecule has 2 N–H and O–H groups in total. The van der Waals surface area contributed by atoms with Gasteiger partial charge in [0.1, 0.15) is 0 Å². The second-order valence-electron chi connectivity index (χ2n) is 6.96. The summed E-state index contributed by atoms with van der Waals surface area (Å²) in [6.45, 7) is 11.5. The number of hydrogen-bond donors (Lipinski definition) is 2. The molecule has 4 nitrogen and oxygen atoms in total. The minimum Gasteiger partial charge on any atom is -0.478 e. The Morgan fingerprint density at radius 1 is 0.852 bits per heavy atom.